The number of rotatable bonds is 4. The average Bonchev–Trinajstić information content (AvgIpc) is 3.88. The molecule has 0 fully saturated rings. The zero-order valence-corrected chi connectivity index (χ0v) is 28.2. The molecule has 0 spiro atoms. The highest BCUT2D eigenvalue weighted by Crippen LogP contribution is 2.43. The van der Waals surface area contributed by atoms with Gasteiger partial charge >= 0.3 is 0 Å². The summed E-state index contributed by atoms with van der Waals surface area (Å²) in [5, 5.41) is 7.17. The van der Waals surface area contributed by atoms with Gasteiger partial charge in [-0.3, -0.25) is 0 Å². The number of fused-ring (bicyclic) bond motifs is 10. The fourth-order valence-corrected chi connectivity index (χ4v) is 9.12. The molecule has 0 aliphatic rings. The van der Waals surface area contributed by atoms with E-state index in [0.717, 1.165) is 72.1 Å². The number of pyridine rings is 1. The Morgan fingerprint density at radius 3 is 2.08 bits per heavy atom. The van der Waals surface area contributed by atoms with Gasteiger partial charge in [-0.05, 0) is 65.7 Å². The predicted molar refractivity (Wildman–Crippen MR) is 215 cm³/mol. The van der Waals surface area contributed by atoms with Gasteiger partial charge in [0.15, 0.2) is 0 Å². The van der Waals surface area contributed by atoms with Gasteiger partial charge in [-0.2, -0.15) is 0 Å². The Labute approximate surface area is 297 Å². The third-order valence-corrected chi connectivity index (χ3v) is 11.4. The van der Waals surface area contributed by atoms with Crippen LogP contribution < -0.4 is 0 Å². The van der Waals surface area contributed by atoms with Gasteiger partial charge in [0, 0.05) is 53.1 Å². The Morgan fingerprint density at radius 1 is 0.471 bits per heavy atom. The molecule has 4 heterocycles. The number of aromatic nitrogens is 2. The van der Waals surface area contributed by atoms with Crippen LogP contribution in [0.3, 0.4) is 0 Å². The molecule has 238 valence electrons. The van der Waals surface area contributed by atoms with Crippen molar-refractivity contribution in [1.82, 2.24) is 9.55 Å². The molecule has 7 aromatic carbocycles. The molecule has 0 aliphatic carbocycles. The molecule has 0 saturated carbocycles. The second-order valence-electron chi connectivity index (χ2n) is 13.1. The molecule has 3 nitrogen and oxygen atoms in total. The molecular formula is C47H28N2OS. The van der Waals surface area contributed by atoms with E-state index in [0.29, 0.717) is 0 Å². The summed E-state index contributed by atoms with van der Waals surface area (Å²) in [7, 11) is 0. The minimum absolute atomic E-state index is 0.908. The first-order chi connectivity index (χ1) is 25.3. The summed E-state index contributed by atoms with van der Waals surface area (Å²) in [6.07, 6.45) is 0. The largest absolute Gasteiger partial charge is 0.455 e. The van der Waals surface area contributed by atoms with Crippen molar-refractivity contribution in [2.45, 2.75) is 0 Å². The fraction of sp³-hybridized carbons (Fsp3) is 0. The summed E-state index contributed by atoms with van der Waals surface area (Å²) in [6.45, 7) is 0. The Morgan fingerprint density at radius 2 is 1.18 bits per heavy atom. The van der Waals surface area contributed by atoms with Crippen molar-refractivity contribution >= 4 is 75.3 Å². The highest BCUT2D eigenvalue weighted by molar-refractivity contribution is 7.26. The number of benzene rings is 7. The van der Waals surface area contributed by atoms with Crippen LogP contribution in [-0.4, -0.2) is 9.55 Å². The van der Waals surface area contributed by atoms with Crippen molar-refractivity contribution in [3.63, 3.8) is 0 Å². The molecule has 4 aromatic heterocycles. The zero-order valence-electron chi connectivity index (χ0n) is 27.4. The standard InChI is InChI=1S/C47H28N2OS/c1-2-12-29(13-3-1)39-27-31(33-19-11-20-37-35-17-6-9-23-44(35)51-47(33)37)28-40(48-39)30-14-10-15-32(26-30)49-41-21-7-4-18-38(41)45-42(49)25-24-36-34-16-5-8-22-43(34)50-46(36)45/h1-28H. The normalized spacial score (nSPS) is 11.9. The molecule has 11 aromatic rings. The van der Waals surface area contributed by atoms with Crippen molar-refractivity contribution in [1.29, 1.82) is 0 Å². The highest BCUT2D eigenvalue weighted by Gasteiger charge is 2.19. The third kappa shape index (κ3) is 4.33. The monoisotopic (exact) mass is 668 g/mol. The van der Waals surface area contributed by atoms with E-state index in [1.807, 2.05) is 17.4 Å². The summed E-state index contributed by atoms with van der Waals surface area (Å²) in [5.41, 5.74) is 11.6. The highest BCUT2D eigenvalue weighted by atomic mass is 32.1. The van der Waals surface area contributed by atoms with Gasteiger partial charge in [-0.1, -0.05) is 115 Å². The molecule has 0 N–H and O–H groups in total. The smallest absolute Gasteiger partial charge is 0.145 e. The van der Waals surface area contributed by atoms with Crippen molar-refractivity contribution in [2.24, 2.45) is 0 Å². The van der Waals surface area contributed by atoms with Gasteiger partial charge in [0.25, 0.3) is 0 Å². The quantitative estimate of drug-likeness (QED) is 0.187. The molecule has 0 radical (unpaired) electrons. The lowest BCUT2D eigenvalue weighted by molar-refractivity contribution is 0.673. The van der Waals surface area contributed by atoms with Gasteiger partial charge in [0.1, 0.15) is 11.2 Å². The lowest BCUT2D eigenvalue weighted by atomic mass is 9.98. The molecule has 0 amide bonds. The van der Waals surface area contributed by atoms with E-state index in [2.05, 4.69) is 168 Å². The lowest BCUT2D eigenvalue weighted by Crippen LogP contribution is -1.96. The number of thiophene rings is 1. The van der Waals surface area contributed by atoms with Gasteiger partial charge in [0.2, 0.25) is 0 Å². The number of para-hydroxylation sites is 2. The van der Waals surface area contributed by atoms with Crippen LogP contribution in [0.15, 0.2) is 174 Å². The summed E-state index contributed by atoms with van der Waals surface area (Å²) in [5.74, 6) is 0. The maximum absolute atomic E-state index is 6.55. The Bertz CT molecular complexity index is 3150. The predicted octanol–water partition coefficient (Wildman–Crippen LogP) is 13.4. The van der Waals surface area contributed by atoms with Crippen molar-refractivity contribution in [2.75, 3.05) is 0 Å². The van der Waals surface area contributed by atoms with E-state index in [1.165, 1.54) is 31.1 Å². The van der Waals surface area contributed by atoms with Gasteiger partial charge < -0.3 is 8.98 Å². The second-order valence-corrected chi connectivity index (χ2v) is 14.2. The maximum atomic E-state index is 6.55. The summed E-state index contributed by atoms with van der Waals surface area (Å²) in [4.78, 5) is 5.31. The third-order valence-electron chi connectivity index (χ3n) is 10.2. The van der Waals surface area contributed by atoms with Crippen LogP contribution in [0.5, 0.6) is 0 Å². The summed E-state index contributed by atoms with van der Waals surface area (Å²) < 4.78 is 11.5. The van der Waals surface area contributed by atoms with E-state index >= 15 is 0 Å². The zero-order chi connectivity index (χ0) is 33.5. The average molecular weight is 669 g/mol. The lowest BCUT2D eigenvalue weighted by Gasteiger charge is -2.13. The number of hydrogen-bond acceptors (Lipinski definition) is 3. The molecule has 0 unspecified atom stereocenters. The van der Waals surface area contributed by atoms with Crippen LogP contribution in [-0.2, 0) is 0 Å². The van der Waals surface area contributed by atoms with Crippen LogP contribution in [0.25, 0.3) is 103 Å². The van der Waals surface area contributed by atoms with Crippen molar-refractivity contribution in [3.05, 3.63) is 170 Å². The molecule has 0 aliphatic heterocycles. The summed E-state index contributed by atoms with van der Waals surface area (Å²) in [6, 6.07) is 60.5. The van der Waals surface area contributed by atoms with Gasteiger partial charge in [-0.15, -0.1) is 11.3 Å². The maximum Gasteiger partial charge on any atom is 0.145 e. The van der Waals surface area contributed by atoms with Crippen LogP contribution in [0, 0.1) is 0 Å². The number of nitrogens with zero attached hydrogens (tertiary/aromatic N) is 2. The van der Waals surface area contributed by atoms with E-state index in [-0.39, 0.29) is 0 Å². The first kappa shape index (κ1) is 28.4. The minimum Gasteiger partial charge on any atom is -0.455 e. The molecule has 0 saturated heterocycles. The molecule has 11 rings (SSSR count). The molecule has 0 atom stereocenters. The summed E-state index contributed by atoms with van der Waals surface area (Å²) >= 11 is 1.86. The Balaban J connectivity index is 1.14. The topological polar surface area (TPSA) is 31.0 Å². The number of hydrogen-bond donors (Lipinski definition) is 0. The SMILES string of the molecule is c1ccc(-c2cc(-c3cccc4c3sc3ccccc34)cc(-c3cccc(-n4c5ccccc5c5c6oc7ccccc7c6ccc54)c3)n2)cc1. The number of furan rings is 1. The first-order valence-electron chi connectivity index (χ1n) is 17.2. The van der Waals surface area contributed by atoms with Crippen molar-refractivity contribution in [3.8, 4) is 39.3 Å². The molecule has 4 heteroatoms. The van der Waals surface area contributed by atoms with E-state index in [9.17, 15) is 0 Å². The van der Waals surface area contributed by atoms with Crippen LogP contribution >= 0.6 is 11.3 Å². The fourth-order valence-electron chi connectivity index (χ4n) is 7.88. The van der Waals surface area contributed by atoms with E-state index < -0.39 is 0 Å². The first-order valence-corrected chi connectivity index (χ1v) is 18.0. The van der Waals surface area contributed by atoms with E-state index in [1.54, 1.807) is 0 Å². The molecular weight excluding hydrogens is 641 g/mol. The van der Waals surface area contributed by atoms with Crippen LogP contribution in [0.1, 0.15) is 0 Å². The van der Waals surface area contributed by atoms with Crippen molar-refractivity contribution < 1.29 is 4.42 Å². The second kappa shape index (κ2) is 11.0. The minimum atomic E-state index is 0.908. The molecule has 0 bridgehead atoms. The Hall–Kier alpha value is -6.49. The van der Waals surface area contributed by atoms with Gasteiger partial charge in [0.05, 0.1) is 27.8 Å². The van der Waals surface area contributed by atoms with Crippen LogP contribution in [0.2, 0.25) is 0 Å². The van der Waals surface area contributed by atoms with E-state index in [4.69, 9.17) is 9.40 Å². The molecule has 51 heavy (non-hydrogen) atoms. The van der Waals surface area contributed by atoms with Gasteiger partial charge in [-0.25, -0.2) is 4.98 Å². The Kier molecular flexibility index (Phi) is 6.12. The van der Waals surface area contributed by atoms with Crippen LogP contribution in [0.4, 0.5) is 0 Å².